The predicted molar refractivity (Wildman–Crippen MR) is 74.5 cm³/mol. The molecule has 1 aromatic rings. The van der Waals surface area contributed by atoms with Gasteiger partial charge in [0.05, 0.1) is 0 Å². The Bertz CT molecular complexity index is 431. The molecule has 0 radical (unpaired) electrons. The second-order valence-corrected chi connectivity index (χ2v) is 8.30. The molecule has 2 nitrogen and oxygen atoms in total. The molecule has 96 valence electrons. The van der Waals surface area contributed by atoms with Crippen LogP contribution >= 0.6 is 0 Å². The number of fused-ring (bicyclic) bond motifs is 1. The normalized spacial score (nSPS) is 34.2. The van der Waals surface area contributed by atoms with Crippen LogP contribution < -0.4 is 0 Å². The maximum atomic E-state index is 9.29. The first kappa shape index (κ1) is 12.3. The van der Waals surface area contributed by atoms with E-state index in [2.05, 4.69) is 35.5 Å². The summed E-state index contributed by atoms with van der Waals surface area (Å²) in [6.45, 7) is 0. The molecule has 2 aliphatic rings. The molecule has 0 unspecified atom stereocenters. The summed E-state index contributed by atoms with van der Waals surface area (Å²) in [5.41, 5.74) is 2.50. The van der Waals surface area contributed by atoms with E-state index in [-0.39, 0.29) is 0 Å². The summed E-state index contributed by atoms with van der Waals surface area (Å²) < 4.78 is 0. The first-order valence-corrected chi connectivity index (χ1v) is 8.77. The predicted octanol–water partition coefficient (Wildman–Crippen LogP) is 3.64. The number of benzene rings is 1. The third-order valence-electron chi connectivity index (χ3n) is 4.16. The third kappa shape index (κ3) is 2.34. The number of nitrogens with zero attached hydrogens (tertiary/aromatic N) is 1. The van der Waals surface area contributed by atoms with Crippen LogP contribution in [0.3, 0.4) is 0 Å². The Kier molecular flexibility index (Phi) is 3.72. The van der Waals surface area contributed by atoms with E-state index >= 15 is 0 Å². The number of oxime groups is 1. The molecule has 1 aromatic carbocycles. The Morgan fingerprint density at radius 2 is 1.89 bits per heavy atom. The summed E-state index contributed by atoms with van der Waals surface area (Å²) in [4.78, 5) is 1.42. The summed E-state index contributed by atoms with van der Waals surface area (Å²) >= 11 is 0.653. The van der Waals surface area contributed by atoms with E-state index in [0.717, 1.165) is 16.9 Å². The van der Waals surface area contributed by atoms with Crippen LogP contribution in [-0.4, -0.2) is 25.9 Å². The molecule has 1 saturated heterocycles. The molecule has 1 N–H and O–H groups in total. The van der Waals surface area contributed by atoms with E-state index < -0.39 is 0 Å². The SMILES string of the molecule is O/N=C1\C[C@@H](c2ccccc2)[Se][C@@H]2CCCC[C@@H]12. The average Bonchev–Trinajstić information content (AvgIpc) is 2.47. The minimum absolute atomic E-state index is 0.587. The Labute approximate surface area is 115 Å². The molecule has 3 rings (SSSR count). The quantitative estimate of drug-likeness (QED) is 0.479. The summed E-state index contributed by atoms with van der Waals surface area (Å²) in [5, 5.41) is 12.9. The standard InChI is InChI=1S/C15H19NOSe/c17-16-13-10-15(11-6-2-1-3-7-11)18-14-9-5-4-8-12(13)14/h1-3,6-7,12,14-15,17H,4-5,8-10H2/b16-13+/t12-,14+,15-/m0/s1. The molecule has 3 atom stereocenters. The Hall–Kier alpha value is -0.791. The van der Waals surface area contributed by atoms with E-state index in [9.17, 15) is 5.21 Å². The summed E-state index contributed by atoms with van der Waals surface area (Å²) in [6.07, 6.45) is 6.23. The average molecular weight is 308 g/mol. The van der Waals surface area contributed by atoms with E-state index in [1.807, 2.05) is 0 Å². The van der Waals surface area contributed by atoms with Crippen LogP contribution in [0.25, 0.3) is 0 Å². The summed E-state index contributed by atoms with van der Waals surface area (Å²) in [7, 11) is 0. The van der Waals surface area contributed by atoms with Crippen molar-refractivity contribution in [2.24, 2.45) is 11.1 Å². The molecular formula is C15H19NOSe. The molecule has 3 heteroatoms. The molecule has 0 bridgehead atoms. The summed E-state index contributed by atoms with van der Waals surface area (Å²) in [5.74, 6) is 0.587. The van der Waals surface area contributed by atoms with Crippen molar-refractivity contribution in [1.82, 2.24) is 0 Å². The van der Waals surface area contributed by atoms with Gasteiger partial charge in [0, 0.05) is 0 Å². The van der Waals surface area contributed by atoms with E-state index in [1.54, 1.807) is 0 Å². The van der Waals surface area contributed by atoms with Gasteiger partial charge >= 0.3 is 115 Å². The van der Waals surface area contributed by atoms with Crippen molar-refractivity contribution in [3.05, 3.63) is 35.9 Å². The van der Waals surface area contributed by atoms with Crippen LogP contribution in [0, 0.1) is 5.92 Å². The van der Waals surface area contributed by atoms with Gasteiger partial charge in [-0.05, 0) is 0 Å². The van der Waals surface area contributed by atoms with Gasteiger partial charge in [-0.15, -0.1) is 0 Å². The van der Waals surface area contributed by atoms with Crippen LogP contribution in [0.4, 0.5) is 0 Å². The number of hydrogen-bond acceptors (Lipinski definition) is 2. The molecule has 2 fully saturated rings. The topological polar surface area (TPSA) is 32.6 Å². The molecule has 0 aromatic heterocycles. The molecular weight excluding hydrogens is 289 g/mol. The van der Waals surface area contributed by atoms with Gasteiger partial charge in [-0.25, -0.2) is 0 Å². The molecule has 0 amide bonds. The first-order valence-electron chi connectivity index (χ1n) is 6.79. The zero-order valence-corrected chi connectivity index (χ0v) is 12.2. The van der Waals surface area contributed by atoms with E-state index in [0.29, 0.717) is 25.7 Å². The van der Waals surface area contributed by atoms with Gasteiger partial charge in [0.1, 0.15) is 0 Å². The van der Waals surface area contributed by atoms with Crippen molar-refractivity contribution in [2.75, 3.05) is 0 Å². The number of rotatable bonds is 1. The number of hydrogen-bond donors (Lipinski definition) is 1. The van der Waals surface area contributed by atoms with Crippen molar-refractivity contribution in [1.29, 1.82) is 0 Å². The third-order valence-corrected chi connectivity index (χ3v) is 7.69. The van der Waals surface area contributed by atoms with Crippen LogP contribution in [0.15, 0.2) is 35.5 Å². The van der Waals surface area contributed by atoms with Gasteiger partial charge in [-0.2, -0.15) is 0 Å². The molecule has 1 saturated carbocycles. The molecule has 1 heterocycles. The first-order chi connectivity index (χ1) is 8.88. The molecule has 1 aliphatic carbocycles. The van der Waals surface area contributed by atoms with Gasteiger partial charge in [-0.3, -0.25) is 0 Å². The monoisotopic (exact) mass is 309 g/mol. The molecule has 18 heavy (non-hydrogen) atoms. The van der Waals surface area contributed by atoms with Gasteiger partial charge < -0.3 is 0 Å². The van der Waals surface area contributed by atoms with E-state index in [4.69, 9.17) is 0 Å². The van der Waals surface area contributed by atoms with Gasteiger partial charge in [0.25, 0.3) is 0 Å². The van der Waals surface area contributed by atoms with Crippen molar-refractivity contribution < 1.29 is 5.21 Å². The zero-order valence-electron chi connectivity index (χ0n) is 10.5. The van der Waals surface area contributed by atoms with Crippen LogP contribution in [-0.2, 0) is 0 Å². The van der Waals surface area contributed by atoms with Crippen molar-refractivity contribution in [3.8, 4) is 0 Å². The fourth-order valence-electron chi connectivity index (χ4n) is 3.22. The zero-order chi connectivity index (χ0) is 12.4. The van der Waals surface area contributed by atoms with Gasteiger partial charge in [-0.1, -0.05) is 0 Å². The fraction of sp³-hybridized carbons (Fsp3) is 0.533. The van der Waals surface area contributed by atoms with Crippen LogP contribution in [0.1, 0.15) is 42.5 Å². The van der Waals surface area contributed by atoms with Crippen LogP contribution in [0.2, 0.25) is 4.82 Å². The van der Waals surface area contributed by atoms with Crippen molar-refractivity contribution in [2.45, 2.75) is 41.7 Å². The Balaban J connectivity index is 1.83. The summed E-state index contributed by atoms with van der Waals surface area (Å²) in [6, 6.07) is 10.8. The van der Waals surface area contributed by atoms with Crippen molar-refractivity contribution in [3.63, 3.8) is 0 Å². The maximum absolute atomic E-state index is 9.29. The van der Waals surface area contributed by atoms with E-state index in [1.165, 1.54) is 31.2 Å². The van der Waals surface area contributed by atoms with Gasteiger partial charge in [0.15, 0.2) is 0 Å². The molecule has 0 spiro atoms. The molecule has 1 aliphatic heterocycles. The Morgan fingerprint density at radius 1 is 1.11 bits per heavy atom. The van der Waals surface area contributed by atoms with Crippen LogP contribution in [0.5, 0.6) is 0 Å². The second-order valence-electron chi connectivity index (χ2n) is 5.26. The minimum atomic E-state index is 0.587. The van der Waals surface area contributed by atoms with Gasteiger partial charge in [0.2, 0.25) is 0 Å². The fourth-order valence-corrected chi connectivity index (χ4v) is 6.97. The van der Waals surface area contributed by atoms with Crippen molar-refractivity contribution >= 4 is 20.7 Å². The second kappa shape index (κ2) is 5.46. The Morgan fingerprint density at radius 3 is 2.67 bits per heavy atom.